The summed E-state index contributed by atoms with van der Waals surface area (Å²) in [6.07, 6.45) is 9.13. The standard InChI is InChI=1S/C27H41N4O3/c1-5-26(3,19-32)13-20(2)12-24(33)30-10-7-27(8-11-30)14-23(27)18-29(4)25(34)31-16-21-6-9-28-15-22(21)17-31/h6,9,15,20,23,32H,4-5,7-8,10-14,16-19H2,1-3H3/q+1. The minimum absolute atomic E-state index is 0.0122. The van der Waals surface area contributed by atoms with E-state index in [-0.39, 0.29) is 35.3 Å². The molecule has 1 N–H and O–H groups in total. The van der Waals surface area contributed by atoms with Crippen LogP contribution in [0.1, 0.15) is 70.4 Å². The molecule has 3 amide bonds. The van der Waals surface area contributed by atoms with Gasteiger partial charge in [-0.3, -0.25) is 9.78 Å². The Morgan fingerprint density at radius 2 is 2.00 bits per heavy atom. The fourth-order valence-electron chi connectivity index (χ4n) is 6.06. The summed E-state index contributed by atoms with van der Waals surface area (Å²) in [4.78, 5) is 33.9. The lowest BCUT2D eigenvalue weighted by atomic mass is 9.79. The average molecular weight is 470 g/mol. The summed E-state index contributed by atoms with van der Waals surface area (Å²) in [5.41, 5.74) is 2.46. The molecule has 3 unspecified atom stereocenters. The van der Waals surface area contributed by atoms with Crippen molar-refractivity contribution >= 4 is 18.7 Å². The smallest absolute Gasteiger partial charge is 0.396 e. The number of likely N-dealkylation sites (tertiary alicyclic amines) is 1. The summed E-state index contributed by atoms with van der Waals surface area (Å²) in [5, 5.41) is 9.68. The van der Waals surface area contributed by atoms with Crippen LogP contribution in [0.15, 0.2) is 18.5 Å². The molecule has 7 nitrogen and oxygen atoms in total. The fourth-order valence-corrected chi connectivity index (χ4v) is 6.06. The zero-order chi connectivity index (χ0) is 24.5. The van der Waals surface area contributed by atoms with Crippen LogP contribution in [0.2, 0.25) is 0 Å². The first-order chi connectivity index (χ1) is 16.2. The maximum Gasteiger partial charge on any atom is 0.493 e. The van der Waals surface area contributed by atoms with Crippen LogP contribution >= 0.6 is 0 Å². The van der Waals surface area contributed by atoms with E-state index in [1.165, 1.54) is 5.56 Å². The molecule has 7 heteroatoms. The van der Waals surface area contributed by atoms with Crippen LogP contribution in [0.3, 0.4) is 0 Å². The minimum Gasteiger partial charge on any atom is -0.396 e. The van der Waals surface area contributed by atoms with Crippen molar-refractivity contribution in [1.82, 2.24) is 14.8 Å². The second kappa shape index (κ2) is 9.76. The number of urea groups is 1. The first-order valence-corrected chi connectivity index (χ1v) is 12.9. The molecule has 1 spiro atoms. The van der Waals surface area contributed by atoms with E-state index in [4.69, 9.17) is 0 Å². The molecular formula is C27H41N4O3+. The maximum atomic E-state index is 12.9. The number of carbonyl (C=O) groups excluding carboxylic acids is 2. The van der Waals surface area contributed by atoms with E-state index in [1.807, 2.05) is 22.1 Å². The number of hydrogen-bond acceptors (Lipinski definition) is 4. The number of aromatic nitrogens is 1. The number of hydrogen-bond donors (Lipinski definition) is 1. The van der Waals surface area contributed by atoms with Gasteiger partial charge in [0.25, 0.3) is 0 Å². The van der Waals surface area contributed by atoms with Crippen molar-refractivity contribution in [2.75, 3.05) is 26.2 Å². The van der Waals surface area contributed by atoms with Gasteiger partial charge >= 0.3 is 6.03 Å². The third kappa shape index (κ3) is 5.19. The second-order valence-electron chi connectivity index (χ2n) is 11.5. The molecule has 1 aromatic rings. The van der Waals surface area contributed by atoms with Crippen LogP contribution in [-0.4, -0.2) is 69.4 Å². The summed E-state index contributed by atoms with van der Waals surface area (Å²) in [5.74, 6) is 0.993. The molecule has 34 heavy (non-hydrogen) atoms. The number of amides is 3. The van der Waals surface area contributed by atoms with E-state index >= 15 is 0 Å². The molecular weight excluding hydrogens is 428 g/mol. The molecule has 0 radical (unpaired) electrons. The lowest BCUT2D eigenvalue weighted by Crippen LogP contribution is -2.41. The Labute approximate surface area is 203 Å². The Hall–Kier alpha value is -2.28. The van der Waals surface area contributed by atoms with Crippen molar-refractivity contribution in [3.05, 3.63) is 29.6 Å². The van der Waals surface area contributed by atoms with Crippen molar-refractivity contribution < 1.29 is 19.3 Å². The molecule has 4 rings (SSSR count). The van der Waals surface area contributed by atoms with Crippen LogP contribution < -0.4 is 0 Å². The van der Waals surface area contributed by atoms with Gasteiger partial charge in [-0.25, -0.2) is 9.48 Å². The molecule has 2 aliphatic heterocycles. The summed E-state index contributed by atoms with van der Waals surface area (Å²) in [6, 6.07) is 1.97. The highest BCUT2D eigenvalue weighted by Crippen LogP contribution is 2.59. The van der Waals surface area contributed by atoms with E-state index in [0.717, 1.165) is 50.8 Å². The molecule has 1 saturated heterocycles. The molecule has 1 aromatic heterocycles. The Bertz CT molecular complexity index is 909. The van der Waals surface area contributed by atoms with Crippen LogP contribution in [0.5, 0.6) is 0 Å². The number of fused-ring (bicyclic) bond motifs is 1. The van der Waals surface area contributed by atoms with E-state index in [1.54, 1.807) is 10.8 Å². The molecule has 186 valence electrons. The molecule has 1 saturated carbocycles. The van der Waals surface area contributed by atoms with E-state index < -0.39 is 0 Å². The number of carbonyl (C=O) groups is 2. The first-order valence-electron chi connectivity index (χ1n) is 12.9. The highest BCUT2D eigenvalue weighted by atomic mass is 16.3. The molecule has 2 fully saturated rings. The van der Waals surface area contributed by atoms with Gasteiger partial charge < -0.3 is 10.0 Å². The Morgan fingerprint density at radius 3 is 2.65 bits per heavy atom. The van der Waals surface area contributed by atoms with Gasteiger partial charge in [-0.05, 0) is 54.9 Å². The van der Waals surface area contributed by atoms with Crippen molar-refractivity contribution in [2.24, 2.45) is 22.7 Å². The van der Waals surface area contributed by atoms with Crippen molar-refractivity contribution in [1.29, 1.82) is 0 Å². The van der Waals surface area contributed by atoms with E-state index in [0.29, 0.717) is 32.0 Å². The van der Waals surface area contributed by atoms with Crippen LogP contribution in [0.25, 0.3) is 0 Å². The molecule has 3 heterocycles. The first kappa shape index (κ1) is 24.8. The lowest BCUT2D eigenvalue weighted by Gasteiger charge is -2.34. The zero-order valence-corrected chi connectivity index (χ0v) is 21.1. The predicted octanol–water partition coefficient (Wildman–Crippen LogP) is 3.68. The van der Waals surface area contributed by atoms with Crippen LogP contribution in [0.4, 0.5) is 4.79 Å². The number of pyridine rings is 1. The maximum absolute atomic E-state index is 12.9. The highest BCUT2D eigenvalue weighted by Gasteiger charge is 2.56. The quantitative estimate of drug-likeness (QED) is 0.465. The summed E-state index contributed by atoms with van der Waals surface area (Å²) >= 11 is 0. The number of aliphatic hydroxyl groups excluding tert-OH is 1. The van der Waals surface area contributed by atoms with Crippen molar-refractivity contribution in [3.63, 3.8) is 0 Å². The van der Waals surface area contributed by atoms with Gasteiger partial charge in [0, 0.05) is 55.6 Å². The molecule has 0 aromatic carbocycles. The van der Waals surface area contributed by atoms with Crippen LogP contribution in [0, 0.1) is 22.7 Å². The monoisotopic (exact) mass is 469 g/mol. The highest BCUT2D eigenvalue weighted by molar-refractivity contribution is 5.76. The fraction of sp³-hybridized carbons (Fsp3) is 0.704. The number of aliphatic hydroxyl groups is 1. The van der Waals surface area contributed by atoms with Gasteiger partial charge in [0.15, 0.2) is 0 Å². The normalized spacial score (nSPS) is 23.4. The van der Waals surface area contributed by atoms with Gasteiger partial charge in [0.1, 0.15) is 13.1 Å². The van der Waals surface area contributed by atoms with Crippen molar-refractivity contribution in [2.45, 2.75) is 72.4 Å². The molecule has 1 aliphatic carbocycles. The molecule has 3 aliphatic rings. The summed E-state index contributed by atoms with van der Waals surface area (Å²) < 4.78 is 1.64. The summed E-state index contributed by atoms with van der Waals surface area (Å²) in [6.45, 7) is 14.1. The minimum atomic E-state index is -0.0981. The third-order valence-corrected chi connectivity index (χ3v) is 8.78. The summed E-state index contributed by atoms with van der Waals surface area (Å²) in [7, 11) is 0. The van der Waals surface area contributed by atoms with Gasteiger partial charge in [0.2, 0.25) is 5.91 Å². The SMILES string of the molecule is C=[N+](CC1CC12CCN(C(=O)CC(C)CC(C)(CC)CO)CC2)C(=O)N1Cc2ccncc2C1. The molecule has 0 bridgehead atoms. The van der Waals surface area contributed by atoms with Gasteiger partial charge in [-0.1, -0.05) is 20.8 Å². The lowest BCUT2D eigenvalue weighted by molar-refractivity contribution is -0.434. The molecule has 3 atom stereocenters. The predicted molar refractivity (Wildman–Crippen MR) is 131 cm³/mol. The number of piperidine rings is 1. The average Bonchev–Trinajstić information content (AvgIpc) is 3.28. The second-order valence-corrected chi connectivity index (χ2v) is 11.5. The van der Waals surface area contributed by atoms with Crippen LogP contribution in [-0.2, 0) is 17.9 Å². The zero-order valence-electron chi connectivity index (χ0n) is 21.1. The van der Waals surface area contributed by atoms with Gasteiger partial charge in [-0.15, -0.1) is 0 Å². The Balaban J connectivity index is 1.21. The largest absolute Gasteiger partial charge is 0.493 e. The number of rotatable bonds is 8. The van der Waals surface area contributed by atoms with E-state index in [2.05, 4.69) is 32.5 Å². The Morgan fingerprint density at radius 1 is 1.29 bits per heavy atom. The Kier molecular flexibility index (Phi) is 7.13. The number of nitrogens with zero attached hydrogens (tertiary/aromatic N) is 4. The third-order valence-electron chi connectivity index (χ3n) is 8.78. The van der Waals surface area contributed by atoms with Crippen molar-refractivity contribution in [3.8, 4) is 0 Å². The van der Waals surface area contributed by atoms with E-state index in [9.17, 15) is 14.7 Å². The van der Waals surface area contributed by atoms with Gasteiger partial charge in [-0.2, -0.15) is 4.79 Å². The topological polar surface area (TPSA) is 76.8 Å². The van der Waals surface area contributed by atoms with Gasteiger partial charge in [0.05, 0.1) is 13.3 Å².